The summed E-state index contributed by atoms with van der Waals surface area (Å²) in [4.78, 5) is 29.0. The number of halogens is 3. The molecule has 2 atom stereocenters. The summed E-state index contributed by atoms with van der Waals surface area (Å²) in [5.41, 5.74) is 1.54. The Kier molecular flexibility index (Phi) is 11.0. The van der Waals surface area contributed by atoms with E-state index in [9.17, 15) is 22.4 Å². The van der Waals surface area contributed by atoms with Gasteiger partial charge in [-0.3, -0.25) is 13.9 Å². The third-order valence-corrected chi connectivity index (χ3v) is 8.28. The summed E-state index contributed by atoms with van der Waals surface area (Å²) < 4.78 is 39.9. The second-order valence-electron chi connectivity index (χ2n) is 9.54. The number of anilines is 1. The molecule has 0 unspecified atom stereocenters. The van der Waals surface area contributed by atoms with Crippen molar-refractivity contribution in [3.8, 4) is 0 Å². The SMILES string of the molecule is CC[C@H](C)NC(=O)[C@@H](Cc1ccccc1)N(Cc1ccc(Cl)c(Cl)c1)C(=O)CN(c1ccc(F)cc1)S(C)(=O)=O. The first-order chi connectivity index (χ1) is 18.9. The Morgan fingerprint density at radius 1 is 0.950 bits per heavy atom. The molecule has 0 aliphatic rings. The van der Waals surface area contributed by atoms with E-state index in [0.29, 0.717) is 17.0 Å². The lowest BCUT2D eigenvalue weighted by atomic mass is 10.0. The number of nitrogens with zero attached hydrogens (tertiary/aromatic N) is 2. The number of sulfonamides is 1. The van der Waals surface area contributed by atoms with Gasteiger partial charge in [0.1, 0.15) is 18.4 Å². The molecule has 0 saturated heterocycles. The summed E-state index contributed by atoms with van der Waals surface area (Å²) in [5, 5.41) is 3.57. The summed E-state index contributed by atoms with van der Waals surface area (Å²) in [6.45, 7) is 3.15. The molecule has 0 aromatic heterocycles. The average molecular weight is 609 g/mol. The molecule has 3 rings (SSSR count). The Morgan fingerprint density at radius 3 is 2.17 bits per heavy atom. The maximum atomic E-state index is 14.0. The first-order valence-electron chi connectivity index (χ1n) is 12.7. The number of benzene rings is 3. The Hall–Kier alpha value is -3.14. The number of carbonyl (C=O) groups excluding carboxylic acids is 2. The van der Waals surface area contributed by atoms with E-state index >= 15 is 0 Å². The van der Waals surface area contributed by atoms with Gasteiger partial charge in [-0.25, -0.2) is 12.8 Å². The summed E-state index contributed by atoms with van der Waals surface area (Å²) in [6.07, 6.45) is 1.83. The van der Waals surface area contributed by atoms with Crippen LogP contribution >= 0.6 is 23.2 Å². The Labute approximate surface area is 244 Å². The minimum Gasteiger partial charge on any atom is -0.352 e. The van der Waals surface area contributed by atoms with Crippen molar-refractivity contribution in [3.63, 3.8) is 0 Å². The molecule has 3 aromatic carbocycles. The van der Waals surface area contributed by atoms with Crippen LogP contribution in [0.2, 0.25) is 10.0 Å². The van der Waals surface area contributed by atoms with Crippen LogP contribution in [0.3, 0.4) is 0 Å². The maximum absolute atomic E-state index is 14.0. The lowest BCUT2D eigenvalue weighted by Gasteiger charge is -2.34. The van der Waals surface area contributed by atoms with Crippen LogP contribution in [0.5, 0.6) is 0 Å². The normalized spacial score (nSPS) is 12.8. The van der Waals surface area contributed by atoms with Gasteiger partial charge in [0.05, 0.1) is 22.0 Å². The van der Waals surface area contributed by atoms with Crippen LogP contribution in [0, 0.1) is 5.82 Å². The smallest absolute Gasteiger partial charge is 0.244 e. The lowest BCUT2D eigenvalue weighted by molar-refractivity contribution is -0.140. The Bertz CT molecular complexity index is 1420. The number of amides is 2. The van der Waals surface area contributed by atoms with Gasteiger partial charge in [0.2, 0.25) is 21.8 Å². The fourth-order valence-corrected chi connectivity index (χ4v) is 5.22. The van der Waals surface area contributed by atoms with E-state index in [1.165, 1.54) is 17.0 Å². The van der Waals surface area contributed by atoms with Gasteiger partial charge < -0.3 is 10.2 Å². The van der Waals surface area contributed by atoms with E-state index in [1.54, 1.807) is 18.2 Å². The topological polar surface area (TPSA) is 86.8 Å². The van der Waals surface area contributed by atoms with Gasteiger partial charge >= 0.3 is 0 Å². The highest BCUT2D eigenvalue weighted by molar-refractivity contribution is 7.92. The van der Waals surface area contributed by atoms with Crippen LogP contribution in [0.4, 0.5) is 10.1 Å². The molecule has 0 fully saturated rings. The molecule has 1 N–H and O–H groups in total. The largest absolute Gasteiger partial charge is 0.352 e. The highest BCUT2D eigenvalue weighted by atomic mass is 35.5. The van der Waals surface area contributed by atoms with E-state index in [4.69, 9.17) is 23.2 Å². The molecule has 0 aliphatic carbocycles. The molecule has 214 valence electrons. The minimum absolute atomic E-state index is 0.0395. The van der Waals surface area contributed by atoms with Crippen LogP contribution in [0.1, 0.15) is 31.4 Å². The molecular weight excluding hydrogens is 576 g/mol. The van der Waals surface area contributed by atoms with Crippen molar-refractivity contribution in [2.24, 2.45) is 0 Å². The van der Waals surface area contributed by atoms with Crippen LogP contribution in [0.15, 0.2) is 72.8 Å². The van der Waals surface area contributed by atoms with Crippen molar-refractivity contribution in [1.82, 2.24) is 10.2 Å². The zero-order chi connectivity index (χ0) is 29.4. The van der Waals surface area contributed by atoms with Crippen LogP contribution in [-0.4, -0.2) is 50.0 Å². The molecule has 11 heteroatoms. The van der Waals surface area contributed by atoms with Crippen molar-refractivity contribution in [3.05, 3.63) is 99.8 Å². The molecule has 0 bridgehead atoms. The van der Waals surface area contributed by atoms with Gasteiger partial charge in [0.15, 0.2) is 0 Å². The van der Waals surface area contributed by atoms with Gasteiger partial charge in [-0.1, -0.05) is 66.5 Å². The molecule has 0 spiro atoms. The third kappa shape index (κ3) is 8.68. The van der Waals surface area contributed by atoms with Gasteiger partial charge in [0.25, 0.3) is 0 Å². The Morgan fingerprint density at radius 2 is 1.60 bits per heavy atom. The van der Waals surface area contributed by atoms with Gasteiger partial charge in [-0.15, -0.1) is 0 Å². The second kappa shape index (κ2) is 14.0. The fraction of sp³-hybridized carbons (Fsp3) is 0.310. The minimum atomic E-state index is -3.95. The highest BCUT2D eigenvalue weighted by Crippen LogP contribution is 2.25. The summed E-state index contributed by atoms with van der Waals surface area (Å²) in [6, 6.07) is 17.8. The van der Waals surface area contributed by atoms with Crippen molar-refractivity contribution in [2.75, 3.05) is 17.1 Å². The van der Waals surface area contributed by atoms with Gasteiger partial charge in [-0.05, 0) is 60.9 Å². The maximum Gasteiger partial charge on any atom is 0.244 e. The predicted molar refractivity (Wildman–Crippen MR) is 157 cm³/mol. The quantitative estimate of drug-likeness (QED) is 0.296. The van der Waals surface area contributed by atoms with Crippen LogP contribution in [0.25, 0.3) is 0 Å². The fourth-order valence-electron chi connectivity index (χ4n) is 4.05. The Balaban J connectivity index is 2.07. The zero-order valence-corrected chi connectivity index (χ0v) is 24.8. The van der Waals surface area contributed by atoms with E-state index in [1.807, 2.05) is 44.2 Å². The van der Waals surface area contributed by atoms with Crippen LogP contribution in [-0.2, 0) is 32.6 Å². The van der Waals surface area contributed by atoms with Gasteiger partial charge in [-0.2, -0.15) is 0 Å². The molecule has 0 saturated carbocycles. The van der Waals surface area contributed by atoms with Crippen molar-refractivity contribution < 1.29 is 22.4 Å². The molecule has 2 amide bonds. The first kappa shape index (κ1) is 31.4. The van der Waals surface area contributed by atoms with Crippen LogP contribution < -0.4 is 9.62 Å². The molecule has 7 nitrogen and oxygen atoms in total. The van der Waals surface area contributed by atoms with Crippen molar-refractivity contribution in [2.45, 2.75) is 45.3 Å². The number of hydrogen-bond donors (Lipinski definition) is 1. The van der Waals surface area contributed by atoms with E-state index in [-0.39, 0.29) is 35.6 Å². The van der Waals surface area contributed by atoms with E-state index < -0.39 is 34.3 Å². The predicted octanol–water partition coefficient (Wildman–Crippen LogP) is 5.45. The monoisotopic (exact) mass is 607 g/mol. The lowest BCUT2D eigenvalue weighted by Crippen LogP contribution is -2.54. The van der Waals surface area contributed by atoms with Gasteiger partial charge in [0, 0.05) is 19.0 Å². The number of hydrogen-bond acceptors (Lipinski definition) is 4. The van der Waals surface area contributed by atoms with E-state index in [2.05, 4.69) is 5.32 Å². The zero-order valence-electron chi connectivity index (χ0n) is 22.5. The molecule has 3 aromatic rings. The molecule has 0 aliphatic heterocycles. The standard InChI is InChI=1S/C29H32Cl2FN3O4S/c1-4-20(2)33-29(37)27(17-21-8-6-5-7-9-21)34(18-22-10-15-25(30)26(31)16-22)28(36)19-35(40(3,38)39)24-13-11-23(32)12-14-24/h5-16,20,27H,4,17-19H2,1-3H3,(H,33,37)/t20-,27+/m0/s1. The number of nitrogens with one attached hydrogen (secondary N) is 1. The average Bonchev–Trinajstić information content (AvgIpc) is 2.91. The summed E-state index contributed by atoms with van der Waals surface area (Å²) in [5.74, 6) is -1.55. The number of carbonyl (C=O) groups is 2. The second-order valence-corrected chi connectivity index (χ2v) is 12.3. The summed E-state index contributed by atoms with van der Waals surface area (Å²) in [7, 11) is -3.95. The summed E-state index contributed by atoms with van der Waals surface area (Å²) >= 11 is 12.3. The third-order valence-electron chi connectivity index (χ3n) is 6.40. The molecule has 0 heterocycles. The molecule has 0 radical (unpaired) electrons. The highest BCUT2D eigenvalue weighted by Gasteiger charge is 2.33. The number of rotatable bonds is 12. The van der Waals surface area contributed by atoms with Crippen molar-refractivity contribution >= 4 is 50.7 Å². The molecular formula is C29H32Cl2FN3O4S. The van der Waals surface area contributed by atoms with E-state index in [0.717, 1.165) is 28.3 Å². The van der Waals surface area contributed by atoms with Crippen molar-refractivity contribution in [1.29, 1.82) is 0 Å². The first-order valence-corrected chi connectivity index (χ1v) is 15.3. The molecule has 40 heavy (non-hydrogen) atoms.